The normalized spacial score (nSPS) is 15.1. The van der Waals surface area contributed by atoms with Crippen LogP contribution in [0.5, 0.6) is 5.75 Å². The van der Waals surface area contributed by atoms with E-state index in [1.807, 2.05) is 53.2 Å². The minimum Gasteiger partial charge on any atom is -0.497 e. The molecule has 172 valence electrons. The summed E-state index contributed by atoms with van der Waals surface area (Å²) in [5.74, 6) is 1.37. The average Bonchev–Trinajstić information content (AvgIpc) is 3.34. The van der Waals surface area contributed by atoms with E-state index in [-0.39, 0.29) is 11.9 Å². The Hall–Kier alpha value is -3.91. The molecule has 5 rings (SSSR count). The number of hydrogen-bond donors (Lipinski definition) is 0. The summed E-state index contributed by atoms with van der Waals surface area (Å²) in [6, 6.07) is 18.5. The fraction of sp³-hybridized carbons (Fsp3) is 0.231. The summed E-state index contributed by atoms with van der Waals surface area (Å²) in [6.45, 7) is 2.11. The van der Waals surface area contributed by atoms with Crippen molar-refractivity contribution in [3.8, 4) is 5.75 Å². The first-order chi connectivity index (χ1) is 16.7. The van der Waals surface area contributed by atoms with Gasteiger partial charge in [0, 0.05) is 25.5 Å². The molecule has 0 saturated heterocycles. The molecule has 0 spiro atoms. The summed E-state index contributed by atoms with van der Waals surface area (Å²) in [6.07, 6.45) is 6.66. The Morgan fingerprint density at radius 1 is 1.00 bits per heavy atom. The van der Waals surface area contributed by atoms with Crippen LogP contribution in [0, 0.1) is 5.82 Å². The van der Waals surface area contributed by atoms with Crippen LogP contribution < -0.4 is 4.74 Å². The number of methoxy groups -OCH3 is 1. The molecule has 0 aliphatic carbocycles. The Morgan fingerprint density at radius 3 is 2.44 bits per heavy atom. The minimum atomic E-state index is -0.219. The maximum absolute atomic E-state index is 13.3. The van der Waals surface area contributed by atoms with E-state index in [0.29, 0.717) is 6.54 Å². The summed E-state index contributed by atoms with van der Waals surface area (Å²) < 4.78 is 20.5. The molecule has 0 fully saturated rings. The van der Waals surface area contributed by atoms with Gasteiger partial charge >= 0.3 is 0 Å². The zero-order valence-electron chi connectivity index (χ0n) is 18.9. The largest absolute Gasteiger partial charge is 0.497 e. The van der Waals surface area contributed by atoms with Gasteiger partial charge in [0.2, 0.25) is 0 Å². The van der Waals surface area contributed by atoms with Crippen LogP contribution in [0.3, 0.4) is 0 Å². The maximum Gasteiger partial charge on any atom is 0.173 e. The van der Waals surface area contributed by atoms with Crippen LogP contribution in [0.25, 0.3) is 5.57 Å². The molecule has 7 nitrogen and oxygen atoms in total. The Kier molecular flexibility index (Phi) is 6.40. The molecule has 0 radical (unpaired) electrons. The summed E-state index contributed by atoms with van der Waals surface area (Å²) in [7, 11) is 1.66. The van der Waals surface area contributed by atoms with Gasteiger partial charge in [-0.25, -0.2) is 9.07 Å². The van der Waals surface area contributed by atoms with Crippen molar-refractivity contribution in [2.24, 2.45) is 0 Å². The second kappa shape index (κ2) is 9.93. The first-order valence-electron chi connectivity index (χ1n) is 11.2. The van der Waals surface area contributed by atoms with Crippen molar-refractivity contribution in [2.45, 2.75) is 19.0 Å². The van der Waals surface area contributed by atoms with Crippen LogP contribution in [-0.4, -0.2) is 50.3 Å². The van der Waals surface area contributed by atoms with Crippen LogP contribution in [0.15, 0.2) is 79.1 Å². The van der Waals surface area contributed by atoms with Crippen molar-refractivity contribution in [3.05, 3.63) is 107 Å². The predicted molar refractivity (Wildman–Crippen MR) is 127 cm³/mol. The molecule has 1 aliphatic rings. The van der Waals surface area contributed by atoms with E-state index in [0.717, 1.165) is 47.8 Å². The third-order valence-corrected chi connectivity index (χ3v) is 6.14. The molecule has 0 unspecified atom stereocenters. The van der Waals surface area contributed by atoms with E-state index >= 15 is 0 Å². The lowest BCUT2D eigenvalue weighted by Crippen LogP contribution is -2.35. The molecule has 4 aromatic rings. The molecule has 1 aliphatic heterocycles. The van der Waals surface area contributed by atoms with Gasteiger partial charge in [0.25, 0.3) is 0 Å². The van der Waals surface area contributed by atoms with Crippen LogP contribution in [0.4, 0.5) is 4.39 Å². The number of tetrazole rings is 1. The van der Waals surface area contributed by atoms with Crippen molar-refractivity contribution in [1.82, 2.24) is 30.1 Å². The molecule has 0 bridgehead atoms. The number of halogens is 1. The fourth-order valence-corrected chi connectivity index (χ4v) is 4.34. The molecule has 34 heavy (non-hydrogen) atoms. The number of ether oxygens (including phenoxy) is 1. The van der Waals surface area contributed by atoms with E-state index in [2.05, 4.69) is 31.5 Å². The van der Waals surface area contributed by atoms with Crippen molar-refractivity contribution in [3.63, 3.8) is 0 Å². The van der Waals surface area contributed by atoms with E-state index in [1.54, 1.807) is 19.5 Å². The maximum atomic E-state index is 13.3. The van der Waals surface area contributed by atoms with Gasteiger partial charge in [-0.05, 0) is 75.5 Å². The Labute approximate surface area is 197 Å². The zero-order valence-corrected chi connectivity index (χ0v) is 18.9. The van der Waals surface area contributed by atoms with Crippen molar-refractivity contribution < 1.29 is 9.13 Å². The van der Waals surface area contributed by atoms with Gasteiger partial charge in [0.05, 0.1) is 19.7 Å². The molecular formula is C26H25FN6O. The quantitative estimate of drug-likeness (QED) is 0.416. The SMILES string of the molecule is COc1ccc(Cn2nnnc2[C@@H](c2ccncc2)N2CC=C(c3ccc(F)cc3)CC2)cc1. The number of hydrogen-bond acceptors (Lipinski definition) is 6. The lowest BCUT2D eigenvalue weighted by molar-refractivity contribution is 0.235. The van der Waals surface area contributed by atoms with Crippen molar-refractivity contribution in [1.29, 1.82) is 0 Å². The topological polar surface area (TPSA) is 69.0 Å². The molecule has 3 heterocycles. The molecule has 2 aromatic carbocycles. The van der Waals surface area contributed by atoms with Gasteiger partial charge < -0.3 is 4.74 Å². The van der Waals surface area contributed by atoms with E-state index in [9.17, 15) is 4.39 Å². The van der Waals surface area contributed by atoms with Gasteiger partial charge in [0.15, 0.2) is 5.82 Å². The third kappa shape index (κ3) is 4.72. The lowest BCUT2D eigenvalue weighted by atomic mass is 9.97. The van der Waals surface area contributed by atoms with Crippen molar-refractivity contribution >= 4 is 5.57 Å². The minimum absolute atomic E-state index is 0.123. The Bertz CT molecular complexity index is 1250. The molecule has 8 heteroatoms. The van der Waals surface area contributed by atoms with Crippen LogP contribution in [-0.2, 0) is 6.54 Å². The molecule has 0 amide bonds. The van der Waals surface area contributed by atoms with Gasteiger partial charge in [-0.15, -0.1) is 5.10 Å². The van der Waals surface area contributed by atoms with Gasteiger partial charge in [-0.1, -0.05) is 30.3 Å². The van der Waals surface area contributed by atoms with Crippen molar-refractivity contribution in [2.75, 3.05) is 20.2 Å². The zero-order chi connectivity index (χ0) is 23.3. The Balaban J connectivity index is 1.43. The van der Waals surface area contributed by atoms with Gasteiger partial charge in [0.1, 0.15) is 11.6 Å². The molecule has 1 atom stereocenters. The highest BCUT2D eigenvalue weighted by atomic mass is 19.1. The van der Waals surface area contributed by atoms with Crippen LogP contribution in [0.1, 0.15) is 35.0 Å². The summed E-state index contributed by atoms with van der Waals surface area (Å²) in [5.41, 5.74) is 4.45. The number of rotatable bonds is 7. The third-order valence-electron chi connectivity index (χ3n) is 6.14. The summed E-state index contributed by atoms with van der Waals surface area (Å²) >= 11 is 0. The monoisotopic (exact) mass is 456 g/mol. The fourth-order valence-electron chi connectivity index (χ4n) is 4.34. The highest BCUT2D eigenvalue weighted by molar-refractivity contribution is 5.66. The van der Waals surface area contributed by atoms with E-state index < -0.39 is 0 Å². The highest BCUT2D eigenvalue weighted by Gasteiger charge is 2.29. The van der Waals surface area contributed by atoms with Gasteiger partial charge in [-0.3, -0.25) is 9.88 Å². The lowest BCUT2D eigenvalue weighted by Gasteiger charge is -2.33. The standard InChI is InChI=1S/C26H25FN6O/c1-34-24-8-2-19(3-9-24)18-33-26(29-30-31-33)25(22-10-14-28-15-11-22)32-16-12-21(13-17-32)20-4-6-23(27)7-5-20/h2-12,14-15,25H,13,16-18H2,1H3/t25-/m1/s1. The summed E-state index contributed by atoms with van der Waals surface area (Å²) in [4.78, 5) is 6.55. The molecule has 0 saturated carbocycles. The number of aromatic nitrogens is 5. The van der Waals surface area contributed by atoms with Gasteiger partial charge in [-0.2, -0.15) is 0 Å². The molecule has 2 aromatic heterocycles. The summed E-state index contributed by atoms with van der Waals surface area (Å²) in [5, 5.41) is 12.7. The van der Waals surface area contributed by atoms with E-state index in [1.165, 1.54) is 17.7 Å². The van der Waals surface area contributed by atoms with E-state index in [4.69, 9.17) is 4.74 Å². The Morgan fingerprint density at radius 2 is 1.76 bits per heavy atom. The second-order valence-corrected chi connectivity index (χ2v) is 8.21. The molecular weight excluding hydrogens is 431 g/mol. The first kappa shape index (κ1) is 21.9. The number of pyridine rings is 1. The highest BCUT2D eigenvalue weighted by Crippen LogP contribution is 2.32. The smallest absolute Gasteiger partial charge is 0.173 e. The second-order valence-electron chi connectivity index (χ2n) is 8.21. The van der Waals surface area contributed by atoms with Crippen LogP contribution in [0.2, 0.25) is 0 Å². The first-order valence-corrected chi connectivity index (χ1v) is 11.2. The van der Waals surface area contributed by atoms with Crippen LogP contribution >= 0.6 is 0 Å². The molecule has 0 N–H and O–H groups in total. The number of benzene rings is 2. The number of nitrogens with zero attached hydrogens (tertiary/aromatic N) is 6. The average molecular weight is 457 g/mol. The predicted octanol–water partition coefficient (Wildman–Crippen LogP) is 4.14.